The quantitative estimate of drug-likeness (QED) is 0.615. The summed E-state index contributed by atoms with van der Waals surface area (Å²) < 4.78 is 7.19. The second-order valence-electron chi connectivity index (χ2n) is 4.73. The first-order valence-electron chi connectivity index (χ1n) is 6.43. The van der Waals surface area contributed by atoms with Crippen LogP contribution in [0.25, 0.3) is 11.0 Å². The predicted molar refractivity (Wildman–Crippen MR) is 70.5 cm³/mol. The van der Waals surface area contributed by atoms with Crippen molar-refractivity contribution in [2.24, 2.45) is 0 Å². The van der Waals surface area contributed by atoms with Crippen molar-refractivity contribution in [3.63, 3.8) is 0 Å². The molecule has 0 radical (unpaired) electrons. The summed E-state index contributed by atoms with van der Waals surface area (Å²) in [6.45, 7) is 0.884. The molecule has 0 amide bonds. The molecule has 2 heterocycles. The van der Waals surface area contributed by atoms with Gasteiger partial charge in [0.15, 0.2) is 11.3 Å². The lowest BCUT2D eigenvalue weighted by atomic mass is 10.2. The maximum atomic E-state index is 11.3. The Morgan fingerprint density at radius 3 is 2.95 bits per heavy atom. The number of aromatic nitrogens is 2. The van der Waals surface area contributed by atoms with Gasteiger partial charge in [-0.05, 0) is 25.0 Å². The third kappa shape index (κ3) is 1.83. The molecule has 1 aliphatic rings. The number of hydrogen-bond donors (Lipinski definition) is 0. The highest BCUT2D eigenvalue weighted by atomic mass is 16.6. The average molecular weight is 261 g/mol. The van der Waals surface area contributed by atoms with Crippen LogP contribution in [0, 0.1) is 10.1 Å². The maximum Gasteiger partial charge on any atom is 0.338 e. The van der Waals surface area contributed by atoms with Crippen molar-refractivity contribution in [2.45, 2.75) is 32.2 Å². The number of ether oxygens (including phenoxy) is 1. The molecule has 1 aromatic heterocycles. The largest absolute Gasteiger partial charge is 0.490 e. The number of fused-ring (bicyclic) bond motifs is 3. The van der Waals surface area contributed by atoms with Gasteiger partial charge in [-0.2, -0.15) is 0 Å². The molecule has 0 unspecified atom stereocenters. The number of benzene rings is 1. The topological polar surface area (TPSA) is 70.2 Å². The summed E-state index contributed by atoms with van der Waals surface area (Å²) in [5, 5.41) is 11.3. The summed E-state index contributed by atoms with van der Waals surface area (Å²) in [4.78, 5) is 15.3. The molecule has 6 heteroatoms. The fourth-order valence-electron chi connectivity index (χ4n) is 2.72. The first-order valence-corrected chi connectivity index (χ1v) is 6.43. The number of aryl methyl sites for hydroxylation is 2. The van der Waals surface area contributed by atoms with Crippen molar-refractivity contribution < 1.29 is 9.66 Å². The van der Waals surface area contributed by atoms with E-state index in [4.69, 9.17) is 4.74 Å². The van der Waals surface area contributed by atoms with Gasteiger partial charge >= 0.3 is 5.69 Å². The second-order valence-corrected chi connectivity index (χ2v) is 4.73. The van der Waals surface area contributed by atoms with Gasteiger partial charge in [-0.1, -0.05) is 6.42 Å². The van der Waals surface area contributed by atoms with E-state index in [0.717, 1.165) is 37.1 Å². The van der Waals surface area contributed by atoms with Crippen molar-refractivity contribution in [1.29, 1.82) is 0 Å². The highest BCUT2D eigenvalue weighted by molar-refractivity contribution is 5.88. The third-order valence-electron chi connectivity index (χ3n) is 3.62. The molecule has 0 bridgehead atoms. The van der Waals surface area contributed by atoms with Gasteiger partial charge < -0.3 is 9.30 Å². The highest BCUT2D eigenvalue weighted by Crippen LogP contribution is 2.35. The van der Waals surface area contributed by atoms with E-state index < -0.39 is 4.92 Å². The van der Waals surface area contributed by atoms with Gasteiger partial charge in [0.25, 0.3) is 0 Å². The van der Waals surface area contributed by atoms with Gasteiger partial charge in [-0.25, -0.2) is 4.98 Å². The minimum atomic E-state index is -0.409. The fourth-order valence-corrected chi connectivity index (χ4v) is 2.72. The average Bonchev–Trinajstić information content (AvgIpc) is 2.58. The van der Waals surface area contributed by atoms with Gasteiger partial charge in [0.05, 0.1) is 17.5 Å². The van der Waals surface area contributed by atoms with Crippen molar-refractivity contribution in [2.75, 3.05) is 7.11 Å². The molecule has 19 heavy (non-hydrogen) atoms. The van der Waals surface area contributed by atoms with Crippen LogP contribution < -0.4 is 4.74 Å². The Morgan fingerprint density at radius 2 is 2.21 bits per heavy atom. The molecule has 0 fully saturated rings. The standard InChI is InChI=1S/C13H15N3O3/c1-19-10-7-6-9-12(13(10)16(17)18)14-11-5-3-2-4-8-15(9)11/h6-7H,2-5,8H2,1H3. The van der Waals surface area contributed by atoms with Crippen molar-refractivity contribution in [3.8, 4) is 5.75 Å². The van der Waals surface area contributed by atoms with Gasteiger partial charge in [0.2, 0.25) is 0 Å². The van der Waals surface area contributed by atoms with E-state index in [-0.39, 0.29) is 11.4 Å². The van der Waals surface area contributed by atoms with E-state index in [1.165, 1.54) is 13.5 Å². The van der Waals surface area contributed by atoms with Crippen LogP contribution in [-0.4, -0.2) is 21.6 Å². The van der Waals surface area contributed by atoms with E-state index >= 15 is 0 Å². The summed E-state index contributed by atoms with van der Waals surface area (Å²) in [6, 6.07) is 3.52. The summed E-state index contributed by atoms with van der Waals surface area (Å²) in [7, 11) is 1.44. The second kappa shape index (κ2) is 4.53. The van der Waals surface area contributed by atoms with Crippen LogP contribution in [0.4, 0.5) is 5.69 Å². The first-order chi connectivity index (χ1) is 9.22. The highest BCUT2D eigenvalue weighted by Gasteiger charge is 2.25. The van der Waals surface area contributed by atoms with Gasteiger partial charge in [-0.3, -0.25) is 10.1 Å². The minimum Gasteiger partial charge on any atom is -0.490 e. The zero-order chi connectivity index (χ0) is 13.4. The molecule has 3 rings (SSSR count). The summed E-state index contributed by atoms with van der Waals surface area (Å²) in [6.07, 6.45) is 4.25. The normalized spacial score (nSPS) is 15.0. The Kier molecular flexibility index (Phi) is 2.85. The molecular weight excluding hydrogens is 246 g/mol. The molecule has 1 aromatic carbocycles. The van der Waals surface area contributed by atoms with Crippen LogP contribution in [-0.2, 0) is 13.0 Å². The number of hydrogen-bond acceptors (Lipinski definition) is 4. The number of rotatable bonds is 2. The Morgan fingerprint density at radius 1 is 1.37 bits per heavy atom. The van der Waals surface area contributed by atoms with E-state index in [2.05, 4.69) is 9.55 Å². The van der Waals surface area contributed by atoms with Crippen LogP contribution in [0.15, 0.2) is 12.1 Å². The molecular formula is C13H15N3O3. The van der Waals surface area contributed by atoms with E-state index in [9.17, 15) is 10.1 Å². The molecule has 0 spiro atoms. The maximum absolute atomic E-state index is 11.3. The molecule has 0 saturated carbocycles. The summed E-state index contributed by atoms with van der Waals surface area (Å²) in [5.41, 5.74) is 1.26. The van der Waals surface area contributed by atoms with Crippen LogP contribution in [0.3, 0.4) is 0 Å². The Labute approximate surface area is 110 Å². The zero-order valence-corrected chi connectivity index (χ0v) is 10.8. The SMILES string of the molecule is COc1ccc2c(nc3n2CCCCC3)c1[N+](=O)[O-]. The number of nitrogens with zero attached hydrogens (tertiary/aromatic N) is 3. The Balaban J connectivity index is 2.29. The lowest BCUT2D eigenvalue weighted by Crippen LogP contribution is -2.00. The molecule has 2 aromatic rings. The fraction of sp³-hybridized carbons (Fsp3) is 0.462. The van der Waals surface area contributed by atoms with Crippen LogP contribution >= 0.6 is 0 Å². The molecule has 0 saturated heterocycles. The van der Waals surface area contributed by atoms with E-state index in [1.54, 1.807) is 6.07 Å². The Hall–Kier alpha value is -2.11. The smallest absolute Gasteiger partial charge is 0.338 e. The van der Waals surface area contributed by atoms with Gasteiger partial charge in [-0.15, -0.1) is 0 Å². The number of methoxy groups -OCH3 is 1. The lowest BCUT2D eigenvalue weighted by molar-refractivity contribution is -0.384. The van der Waals surface area contributed by atoms with Crippen LogP contribution in [0.5, 0.6) is 5.75 Å². The molecule has 0 N–H and O–H groups in total. The van der Waals surface area contributed by atoms with Crippen LogP contribution in [0.1, 0.15) is 25.1 Å². The predicted octanol–water partition coefficient (Wildman–Crippen LogP) is 2.68. The number of nitro benzene ring substituents is 1. The van der Waals surface area contributed by atoms with Crippen molar-refractivity contribution in [1.82, 2.24) is 9.55 Å². The van der Waals surface area contributed by atoms with Gasteiger partial charge in [0.1, 0.15) is 5.82 Å². The first kappa shape index (κ1) is 12.0. The summed E-state index contributed by atoms with van der Waals surface area (Å²) >= 11 is 0. The van der Waals surface area contributed by atoms with E-state index in [1.807, 2.05) is 6.07 Å². The lowest BCUT2D eigenvalue weighted by Gasteiger charge is -2.05. The molecule has 1 aliphatic heterocycles. The van der Waals surface area contributed by atoms with Gasteiger partial charge in [0, 0.05) is 13.0 Å². The van der Waals surface area contributed by atoms with E-state index in [0.29, 0.717) is 5.52 Å². The molecule has 6 nitrogen and oxygen atoms in total. The van der Waals surface area contributed by atoms with Crippen LogP contribution in [0.2, 0.25) is 0 Å². The van der Waals surface area contributed by atoms with Crippen molar-refractivity contribution >= 4 is 16.7 Å². The molecule has 0 atom stereocenters. The number of imidazole rings is 1. The minimum absolute atomic E-state index is 0.0272. The molecule has 0 aliphatic carbocycles. The molecule has 100 valence electrons. The third-order valence-corrected chi connectivity index (χ3v) is 3.62. The number of nitro groups is 1. The zero-order valence-electron chi connectivity index (χ0n) is 10.8. The summed E-state index contributed by atoms with van der Waals surface area (Å²) in [5.74, 6) is 1.22. The van der Waals surface area contributed by atoms with Crippen molar-refractivity contribution in [3.05, 3.63) is 28.1 Å². The Bertz CT molecular complexity index is 648. The monoisotopic (exact) mass is 261 g/mol.